The second-order valence-corrected chi connectivity index (χ2v) is 7.39. The van der Waals surface area contributed by atoms with Crippen LogP contribution in [-0.4, -0.2) is 41.8 Å². The second kappa shape index (κ2) is 7.04. The summed E-state index contributed by atoms with van der Waals surface area (Å²) in [5, 5.41) is 3.23. The monoisotopic (exact) mass is 348 g/mol. The summed E-state index contributed by atoms with van der Waals surface area (Å²) in [6.45, 7) is 4.50. The molecule has 0 radical (unpaired) electrons. The van der Waals surface area contributed by atoms with Crippen molar-refractivity contribution in [2.24, 2.45) is 5.92 Å². The topological polar surface area (TPSA) is 49.4 Å². The summed E-state index contributed by atoms with van der Waals surface area (Å²) in [4.78, 5) is 27.6. The van der Waals surface area contributed by atoms with Crippen LogP contribution in [0.1, 0.15) is 46.0 Å². The number of piperidine rings is 3. The summed E-state index contributed by atoms with van der Waals surface area (Å²) in [5.41, 5.74) is 1.87. The van der Waals surface area contributed by atoms with Crippen molar-refractivity contribution in [2.45, 2.75) is 31.8 Å². The molecule has 134 valence electrons. The van der Waals surface area contributed by atoms with Gasteiger partial charge in [0.2, 0.25) is 0 Å². The Bertz CT molecular complexity index is 791. The van der Waals surface area contributed by atoms with Gasteiger partial charge in [-0.3, -0.25) is 14.5 Å². The van der Waals surface area contributed by atoms with Crippen molar-refractivity contribution in [2.75, 3.05) is 13.1 Å². The smallest absolute Gasteiger partial charge is 0.251 e. The van der Waals surface area contributed by atoms with Crippen LogP contribution in [0.2, 0.25) is 0 Å². The van der Waals surface area contributed by atoms with Gasteiger partial charge in [0.25, 0.3) is 5.91 Å². The average molecular weight is 348 g/mol. The van der Waals surface area contributed by atoms with Gasteiger partial charge in [0.1, 0.15) is 0 Å². The third-order valence-electron chi connectivity index (χ3n) is 5.92. The van der Waals surface area contributed by atoms with E-state index < -0.39 is 0 Å². The molecule has 2 bridgehead atoms. The second-order valence-electron chi connectivity index (χ2n) is 7.39. The first kappa shape index (κ1) is 17.0. The lowest BCUT2D eigenvalue weighted by Crippen LogP contribution is -2.62. The van der Waals surface area contributed by atoms with E-state index in [0.29, 0.717) is 28.7 Å². The van der Waals surface area contributed by atoms with Crippen LogP contribution < -0.4 is 5.32 Å². The number of nitrogens with zero attached hydrogens (tertiary/aromatic N) is 1. The van der Waals surface area contributed by atoms with Gasteiger partial charge in [-0.25, -0.2) is 0 Å². The van der Waals surface area contributed by atoms with E-state index in [1.54, 1.807) is 36.4 Å². The molecule has 2 aromatic rings. The Morgan fingerprint density at radius 3 is 2.08 bits per heavy atom. The third kappa shape index (κ3) is 3.17. The van der Waals surface area contributed by atoms with E-state index >= 15 is 0 Å². The molecule has 3 heterocycles. The van der Waals surface area contributed by atoms with E-state index in [-0.39, 0.29) is 17.7 Å². The first-order chi connectivity index (χ1) is 12.6. The largest absolute Gasteiger partial charge is 0.347 e. The molecule has 0 aromatic heterocycles. The standard InChI is InChI=1S/C22H24N2O2/c1-15-20(16-11-13-24(15)14-12-16)23-22(26)19-9-7-18(8-10-19)21(25)17-5-3-2-4-6-17/h2-10,15-16,20H,11-14H2,1H3,(H,23,26)/t15?,20-/m0/s1. The maximum atomic E-state index is 12.7. The van der Waals surface area contributed by atoms with Gasteiger partial charge < -0.3 is 5.32 Å². The van der Waals surface area contributed by atoms with Gasteiger partial charge in [0, 0.05) is 28.8 Å². The highest BCUT2D eigenvalue weighted by Gasteiger charge is 2.40. The van der Waals surface area contributed by atoms with Crippen LogP contribution in [0.3, 0.4) is 0 Å². The molecule has 3 saturated heterocycles. The van der Waals surface area contributed by atoms with Gasteiger partial charge in [-0.1, -0.05) is 42.5 Å². The Balaban J connectivity index is 1.45. The van der Waals surface area contributed by atoms with Crippen molar-refractivity contribution in [3.8, 4) is 0 Å². The highest BCUT2D eigenvalue weighted by Crippen LogP contribution is 2.32. The number of nitrogens with one attached hydrogen (secondary N) is 1. The molecule has 0 spiro atoms. The fourth-order valence-corrected chi connectivity index (χ4v) is 4.31. The SMILES string of the molecule is CC1[C@H](NC(=O)c2ccc(C(=O)c3ccccc3)cc2)C2CCN1CC2. The average Bonchev–Trinajstić information content (AvgIpc) is 2.71. The summed E-state index contributed by atoms with van der Waals surface area (Å²) < 4.78 is 0. The van der Waals surface area contributed by atoms with Gasteiger partial charge in [-0.05, 0) is 50.9 Å². The van der Waals surface area contributed by atoms with Crippen LogP contribution in [0.4, 0.5) is 0 Å². The molecule has 3 aliphatic rings. The molecule has 2 aromatic carbocycles. The first-order valence-corrected chi connectivity index (χ1v) is 9.38. The van der Waals surface area contributed by atoms with E-state index in [1.165, 1.54) is 12.8 Å². The molecule has 1 unspecified atom stereocenters. The molecule has 2 atom stereocenters. The molecular weight excluding hydrogens is 324 g/mol. The number of fused-ring (bicyclic) bond motifs is 3. The van der Waals surface area contributed by atoms with E-state index in [1.807, 2.05) is 18.2 Å². The summed E-state index contributed by atoms with van der Waals surface area (Å²) in [6.07, 6.45) is 2.33. The summed E-state index contributed by atoms with van der Waals surface area (Å²) in [7, 11) is 0. The summed E-state index contributed by atoms with van der Waals surface area (Å²) >= 11 is 0. The van der Waals surface area contributed by atoms with Crippen molar-refractivity contribution in [1.29, 1.82) is 0 Å². The van der Waals surface area contributed by atoms with E-state index in [4.69, 9.17) is 0 Å². The van der Waals surface area contributed by atoms with Crippen LogP contribution >= 0.6 is 0 Å². The minimum absolute atomic E-state index is 0.0245. The highest BCUT2D eigenvalue weighted by atomic mass is 16.1. The Kier molecular flexibility index (Phi) is 4.60. The van der Waals surface area contributed by atoms with Crippen molar-refractivity contribution >= 4 is 11.7 Å². The fourth-order valence-electron chi connectivity index (χ4n) is 4.31. The van der Waals surface area contributed by atoms with Crippen LogP contribution in [0.5, 0.6) is 0 Å². The lowest BCUT2D eigenvalue weighted by atomic mass is 9.79. The highest BCUT2D eigenvalue weighted by molar-refractivity contribution is 6.09. The Labute approximate surface area is 154 Å². The van der Waals surface area contributed by atoms with E-state index in [2.05, 4.69) is 17.1 Å². The van der Waals surface area contributed by atoms with E-state index in [9.17, 15) is 9.59 Å². The van der Waals surface area contributed by atoms with Gasteiger partial charge in [-0.2, -0.15) is 0 Å². The normalized spacial score (nSPS) is 27.1. The zero-order chi connectivity index (χ0) is 18.1. The zero-order valence-corrected chi connectivity index (χ0v) is 15.0. The maximum absolute atomic E-state index is 12.7. The van der Waals surface area contributed by atoms with Crippen molar-refractivity contribution in [3.63, 3.8) is 0 Å². The predicted octanol–water partition coefficient (Wildman–Crippen LogP) is 3.13. The molecule has 5 rings (SSSR count). The molecule has 4 heteroatoms. The molecule has 4 nitrogen and oxygen atoms in total. The lowest BCUT2D eigenvalue weighted by Gasteiger charge is -2.49. The summed E-state index contributed by atoms with van der Waals surface area (Å²) in [6, 6.07) is 16.8. The van der Waals surface area contributed by atoms with Gasteiger partial charge in [0.15, 0.2) is 5.78 Å². The number of hydrogen-bond donors (Lipinski definition) is 1. The van der Waals surface area contributed by atoms with Gasteiger partial charge in [-0.15, -0.1) is 0 Å². The van der Waals surface area contributed by atoms with Gasteiger partial charge in [0.05, 0.1) is 0 Å². The van der Waals surface area contributed by atoms with Crippen LogP contribution in [-0.2, 0) is 0 Å². The molecule has 1 N–H and O–H groups in total. The first-order valence-electron chi connectivity index (χ1n) is 9.38. The summed E-state index contributed by atoms with van der Waals surface area (Å²) in [5.74, 6) is 0.510. The molecule has 3 fully saturated rings. The molecule has 26 heavy (non-hydrogen) atoms. The number of ketones is 1. The van der Waals surface area contributed by atoms with Crippen LogP contribution in [0, 0.1) is 5.92 Å². The number of amides is 1. The predicted molar refractivity (Wildman–Crippen MR) is 101 cm³/mol. The molecule has 3 aliphatic heterocycles. The Morgan fingerprint density at radius 1 is 0.885 bits per heavy atom. The molecule has 0 aliphatic carbocycles. The molecular formula is C22H24N2O2. The third-order valence-corrected chi connectivity index (χ3v) is 5.92. The molecule has 0 saturated carbocycles. The fraction of sp³-hybridized carbons (Fsp3) is 0.364. The number of carbonyl (C=O) groups excluding carboxylic acids is 2. The minimum Gasteiger partial charge on any atom is -0.347 e. The van der Waals surface area contributed by atoms with Gasteiger partial charge >= 0.3 is 0 Å². The quantitative estimate of drug-likeness (QED) is 0.864. The van der Waals surface area contributed by atoms with Crippen LogP contribution in [0.15, 0.2) is 54.6 Å². The van der Waals surface area contributed by atoms with Crippen molar-refractivity contribution in [1.82, 2.24) is 10.2 Å². The zero-order valence-electron chi connectivity index (χ0n) is 15.0. The maximum Gasteiger partial charge on any atom is 0.251 e. The van der Waals surface area contributed by atoms with Crippen LogP contribution in [0.25, 0.3) is 0 Å². The number of hydrogen-bond acceptors (Lipinski definition) is 3. The number of carbonyl (C=O) groups is 2. The Morgan fingerprint density at radius 2 is 1.46 bits per heavy atom. The van der Waals surface area contributed by atoms with Crippen molar-refractivity contribution < 1.29 is 9.59 Å². The van der Waals surface area contributed by atoms with Crippen molar-refractivity contribution in [3.05, 3.63) is 71.3 Å². The number of rotatable bonds is 4. The molecule has 1 amide bonds. The minimum atomic E-state index is -0.0469. The number of benzene rings is 2. The van der Waals surface area contributed by atoms with E-state index in [0.717, 1.165) is 13.1 Å². The Hall–Kier alpha value is -2.46. The lowest BCUT2D eigenvalue weighted by molar-refractivity contribution is 0.0217.